The number of hydrogen-bond acceptors (Lipinski definition) is 4. The number of guanidine groups is 1. The van der Waals surface area contributed by atoms with Crippen LogP contribution in [0.5, 0.6) is 5.75 Å². The Kier molecular flexibility index (Phi) is 11.4. The number of aliphatic imine (C=N–C) groups is 1. The van der Waals surface area contributed by atoms with E-state index in [4.69, 9.17) is 14.2 Å². The summed E-state index contributed by atoms with van der Waals surface area (Å²) < 4.78 is 16.9. The molecule has 0 radical (unpaired) electrons. The fourth-order valence-corrected chi connectivity index (χ4v) is 3.03. The van der Waals surface area contributed by atoms with E-state index < -0.39 is 0 Å². The van der Waals surface area contributed by atoms with Crippen molar-refractivity contribution in [2.45, 2.75) is 45.6 Å². The highest BCUT2D eigenvalue weighted by Gasteiger charge is 2.13. The first kappa shape index (κ1) is 22.5. The molecule has 0 aromatic heterocycles. The molecule has 1 fully saturated rings. The third kappa shape index (κ3) is 9.42. The Morgan fingerprint density at radius 1 is 1.18 bits per heavy atom. The van der Waals surface area contributed by atoms with Crippen LogP contribution < -0.4 is 15.4 Å². The number of benzene rings is 1. The second-order valence-electron chi connectivity index (χ2n) is 7.19. The van der Waals surface area contributed by atoms with Gasteiger partial charge in [0.05, 0.1) is 6.61 Å². The summed E-state index contributed by atoms with van der Waals surface area (Å²) in [6, 6.07) is 8.22. The fraction of sp³-hybridized carbons (Fsp3) is 0.682. The van der Waals surface area contributed by atoms with Gasteiger partial charge < -0.3 is 24.8 Å². The Hall–Kier alpha value is -1.79. The first-order chi connectivity index (χ1) is 13.8. The summed E-state index contributed by atoms with van der Waals surface area (Å²) in [5.74, 6) is 2.40. The van der Waals surface area contributed by atoms with Crippen molar-refractivity contribution in [1.29, 1.82) is 0 Å². The molecule has 0 saturated carbocycles. The Bertz CT molecular complexity index is 560. The number of nitrogens with one attached hydrogen (secondary N) is 2. The molecule has 1 aromatic rings. The second kappa shape index (κ2) is 14.2. The highest BCUT2D eigenvalue weighted by Crippen LogP contribution is 2.15. The lowest BCUT2D eigenvalue weighted by molar-refractivity contribution is 0.0203. The van der Waals surface area contributed by atoms with E-state index in [9.17, 15) is 0 Å². The summed E-state index contributed by atoms with van der Waals surface area (Å²) in [6.07, 6.45) is 5.44. The minimum Gasteiger partial charge on any atom is -0.494 e. The number of nitrogens with zero attached hydrogens (tertiary/aromatic N) is 1. The standard InChI is InChI=1S/C22H37N3O3/c1-3-4-13-28-21-8-5-7-20(16-21)17-25-22(23-2)24-11-6-12-27-18-19-9-14-26-15-10-19/h5,7-8,16,19H,3-4,6,9-15,17-18H2,1-2H3,(H2,23,24,25). The van der Waals surface area contributed by atoms with E-state index in [1.807, 2.05) is 12.1 Å². The number of ether oxygens (including phenoxy) is 3. The SMILES string of the molecule is CCCCOc1cccc(CNC(=NC)NCCCOCC2CCOCC2)c1. The maximum atomic E-state index is 5.80. The smallest absolute Gasteiger partial charge is 0.191 e. The minimum absolute atomic E-state index is 0.665. The molecular formula is C22H37N3O3. The van der Waals surface area contributed by atoms with Crippen molar-refractivity contribution in [1.82, 2.24) is 10.6 Å². The van der Waals surface area contributed by atoms with Crippen LogP contribution in [0.4, 0.5) is 0 Å². The van der Waals surface area contributed by atoms with Gasteiger partial charge in [-0.2, -0.15) is 0 Å². The van der Waals surface area contributed by atoms with E-state index in [0.717, 1.165) is 83.4 Å². The van der Waals surface area contributed by atoms with Gasteiger partial charge in [-0.15, -0.1) is 0 Å². The molecule has 1 saturated heterocycles. The van der Waals surface area contributed by atoms with Gasteiger partial charge in [-0.25, -0.2) is 0 Å². The molecule has 1 aromatic carbocycles. The highest BCUT2D eigenvalue weighted by molar-refractivity contribution is 5.79. The molecule has 0 bridgehead atoms. The zero-order valence-corrected chi connectivity index (χ0v) is 17.5. The largest absolute Gasteiger partial charge is 0.494 e. The van der Waals surface area contributed by atoms with Crippen molar-refractivity contribution < 1.29 is 14.2 Å². The third-order valence-electron chi connectivity index (χ3n) is 4.80. The molecule has 0 spiro atoms. The van der Waals surface area contributed by atoms with Crippen LogP contribution in [0.15, 0.2) is 29.3 Å². The average molecular weight is 392 g/mol. The summed E-state index contributed by atoms with van der Waals surface area (Å²) in [5, 5.41) is 6.69. The van der Waals surface area contributed by atoms with Crippen LogP contribution in [-0.4, -0.2) is 52.6 Å². The van der Waals surface area contributed by atoms with Crippen molar-refractivity contribution in [3.05, 3.63) is 29.8 Å². The molecule has 1 heterocycles. The lowest BCUT2D eigenvalue weighted by atomic mass is 10.0. The second-order valence-corrected chi connectivity index (χ2v) is 7.19. The number of hydrogen-bond donors (Lipinski definition) is 2. The molecule has 28 heavy (non-hydrogen) atoms. The number of unbranched alkanes of at least 4 members (excludes halogenated alkanes) is 1. The predicted molar refractivity (Wildman–Crippen MR) is 114 cm³/mol. The van der Waals surface area contributed by atoms with Crippen molar-refractivity contribution in [2.24, 2.45) is 10.9 Å². The van der Waals surface area contributed by atoms with E-state index in [1.54, 1.807) is 7.05 Å². The quantitative estimate of drug-likeness (QED) is 0.325. The molecule has 1 aliphatic rings. The van der Waals surface area contributed by atoms with E-state index in [-0.39, 0.29) is 0 Å². The Morgan fingerprint density at radius 2 is 2.04 bits per heavy atom. The molecule has 0 unspecified atom stereocenters. The zero-order valence-electron chi connectivity index (χ0n) is 17.5. The van der Waals surface area contributed by atoms with Crippen LogP contribution in [0.25, 0.3) is 0 Å². The van der Waals surface area contributed by atoms with E-state index in [1.165, 1.54) is 5.56 Å². The van der Waals surface area contributed by atoms with Gasteiger partial charge in [0, 0.05) is 46.6 Å². The van der Waals surface area contributed by atoms with Gasteiger partial charge in [0.25, 0.3) is 0 Å². The molecule has 1 aliphatic heterocycles. The van der Waals surface area contributed by atoms with Gasteiger partial charge in [-0.05, 0) is 49.3 Å². The minimum atomic E-state index is 0.665. The van der Waals surface area contributed by atoms with E-state index >= 15 is 0 Å². The van der Waals surface area contributed by atoms with Gasteiger partial charge in [0.15, 0.2) is 5.96 Å². The molecule has 6 nitrogen and oxygen atoms in total. The summed E-state index contributed by atoms with van der Waals surface area (Å²) in [4.78, 5) is 4.29. The maximum absolute atomic E-state index is 5.80. The Labute approximate surface area is 170 Å². The van der Waals surface area contributed by atoms with Gasteiger partial charge in [-0.1, -0.05) is 25.5 Å². The monoisotopic (exact) mass is 391 g/mol. The van der Waals surface area contributed by atoms with Crippen LogP contribution in [-0.2, 0) is 16.0 Å². The topological polar surface area (TPSA) is 64.1 Å². The molecule has 2 rings (SSSR count). The van der Waals surface area contributed by atoms with Gasteiger partial charge in [0.2, 0.25) is 0 Å². The Balaban J connectivity index is 1.57. The Morgan fingerprint density at radius 3 is 2.82 bits per heavy atom. The summed E-state index contributed by atoms with van der Waals surface area (Å²) in [5.41, 5.74) is 1.18. The third-order valence-corrected chi connectivity index (χ3v) is 4.80. The average Bonchev–Trinajstić information content (AvgIpc) is 2.74. The molecule has 158 valence electrons. The van der Waals surface area contributed by atoms with Crippen LogP contribution in [0.3, 0.4) is 0 Å². The van der Waals surface area contributed by atoms with Crippen molar-refractivity contribution >= 4 is 5.96 Å². The normalized spacial score (nSPS) is 15.4. The first-order valence-corrected chi connectivity index (χ1v) is 10.6. The maximum Gasteiger partial charge on any atom is 0.191 e. The van der Waals surface area contributed by atoms with E-state index in [2.05, 4.69) is 34.7 Å². The van der Waals surface area contributed by atoms with Gasteiger partial charge >= 0.3 is 0 Å². The predicted octanol–water partition coefficient (Wildman–Crippen LogP) is 3.36. The van der Waals surface area contributed by atoms with Crippen LogP contribution in [0.2, 0.25) is 0 Å². The number of rotatable bonds is 12. The zero-order chi connectivity index (χ0) is 19.9. The fourth-order valence-electron chi connectivity index (χ4n) is 3.03. The molecule has 2 N–H and O–H groups in total. The van der Waals surface area contributed by atoms with Crippen LogP contribution in [0, 0.1) is 5.92 Å². The van der Waals surface area contributed by atoms with E-state index in [0.29, 0.717) is 12.5 Å². The molecule has 0 amide bonds. The van der Waals surface area contributed by atoms with Crippen molar-refractivity contribution in [3.63, 3.8) is 0 Å². The molecule has 0 atom stereocenters. The summed E-state index contributed by atoms with van der Waals surface area (Å²) in [7, 11) is 1.79. The van der Waals surface area contributed by atoms with Crippen LogP contribution >= 0.6 is 0 Å². The van der Waals surface area contributed by atoms with Gasteiger partial charge in [-0.3, -0.25) is 4.99 Å². The lowest BCUT2D eigenvalue weighted by Gasteiger charge is -2.21. The summed E-state index contributed by atoms with van der Waals surface area (Å²) >= 11 is 0. The highest BCUT2D eigenvalue weighted by atomic mass is 16.5. The molecule has 0 aliphatic carbocycles. The summed E-state index contributed by atoms with van der Waals surface area (Å²) in [6.45, 7) is 7.88. The first-order valence-electron chi connectivity index (χ1n) is 10.6. The van der Waals surface area contributed by atoms with Gasteiger partial charge in [0.1, 0.15) is 5.75 Å². The molecular weight excluding hydrogens is 354 g/mol. The lowest BCUT2D eigenvalue weighted by Crippen LogP contribution is -2.37. The van der Waals surface area contributed by atoms with Crippen molar-refractivity contribution in [3.8, 4) is 5.75 Å². The molecule has 6 heteroatoms. The van der Waals surface area contributed by atoms with Crippen LogP contribution in [0.1, 0.15) is 44.6 Å². The van der Waals surface area contributed by atoms with Crippen molar-refractivity contribution in [2.75, 3.05) is 46.6 Å².